The molecule has 0 heterocycles. The fraction of sp³-hybridized carbons (Fsp3) is 0.625. The zero-order valence-corrected chi connectivity index (χ0v) is 11.2. The predicted octanol–water partition coefficient (Wildman–Crippen LogP) is 3.61. The van der Waals surface area contributed by atoms with Crippen molar-refractivity contribution < 1.29 is 4.74 Å². The van der Waals surface area contributed by atoms with Crippen molar-refractivity contribution in [1.29, 1.82) is 0 Å². The molecule has 1 fully saturated rings. The first-order valence-corrected chi connectivity index (χ1v) is 7.26. The van der Waals surface area contributed by atoms with Gasteiger partial charge in [-0.2, -0.15) is 0 Å². The normalized spacial score (nSPS) is 23.8. The monoisotopic (exact) mass is 247 g/mol. The van der Waals surface area contributed by atoms with Gasteiger partial charge in [0.05, 0.1) is 6.61 Å². The minimum atomic E-state index is 0.793. The molecule has 100 valence electrons. The first-order chi connectivity index (χ1) is 8.88. The summed E-state index contributed by atoms with van der Waals surface area (Å²) in [6.07, 6.45) is 7.89. The molecule has 1 saturated carbocycles. The Morgan fingerprint density at radius 3 is 2.33 bits per heavy atom. The number of para-hydroxylation sites is 1. The maximum absolute atomic E-state index is 5.72. The van der Waals surface area contributed by atoms with E-state index in [4.69, 9.17) is 10.5 Å². The third-order valence-electron chi connectivity index (χ3n) is 4.07. The van der Waals surface area contributed by atoms with Crippen LogP contribution in [0.1, 0.15) is 38.5 Å². The second-order valence-corrected chi connectivity index (χ2v) is 5.43. The Morgan fingerprint density at radius 2 is 1.67 bits per heavy atom. The number of ether oxygens (including phenoxy) is 1. The van der Waals surface area contributed by atoms with E-state index in [0.717, 1.165) is 30.7 Å². The van der Waals surface area contributed by atoms with Crippen molar-refractivity contribution in [2.75, 3.05) is 13.2 Å². The van der Waals surface area contributed by atoms with Gasteiger partial charge in [-0.1, -0.05) is 31.0 Å². The molecule has 1 aromatic rings. The molecule has 0 radical (unpaired) electrons. The number of benzene rings is 1. The summed E-state index contributed by atoms with van der Waals surface area (Å²) < 4.78 is 5.72. The summed E-state index contributed by atoms with van der Waals surface area (Å²) in [6, 6.07) is 10.1. The van der Waals surface area contributed by atoms with E-state index in [0.29, 0.717) is 0 Å². The average molecular weight is 247 g/mol. The molecular weight excluding hydrogens is 222 g/mol. The van der Waals surface area contributed by atoms with E-state index in [-0.39, 0.29) is 0 Å². The lowest BCUT2D eigenvalue weighted by Gasteiger charge is -2.27. The third kappa shape index (κ3) is 4.34. The van der Waals surface area contributed by atoms with Crippen molar-refractivity contribution in [2.45, 2.75) is 38.5 Å². The second-order valence-electron chi connectivity index (χ2n) is 5.43. The Hall–Kier alpha value is -1.02. The largest absolute Gasteiger partial charge is 0.494 e. The van der Waals surface area contributed by atoms with E-state index >= 15 is 0 Å². The molecule has 2 rings (SSSR count). The van der Waals surface area contributed by atoms with Crippen LogP contribution in [0.25, 0.3) is 0 Å². The number of nitrogens with two attached hydrogens (primary N) is 1. The summed E-state index contributed by atoms with van der Waals surface area (Å²) in [5, 5.41) is 0. The lowest BCUT2D eigenvalue weighted by Crippen LogP contribution is -2.21. The molecule has 0 saturated heterocycles. The van der Waals surface area contributed by atoms with Crippen LogP contribution in [0, 0.1) is 11.8 Å². The molecule has 0 aliphatic heterocycles. The summed E-state index contributed by atoms with van der Waals surface area (Å²) in [4.78, 5) is 0. The predicted molar refractivity (Wildman–Crippen MR) is 75.7 cm³/mol. The minimum Gasteiger partial charge on any atom is -0.494 e. The van der Waals surface area contributed by atoms with Gasteiger partial charge in [0.25, 0.3) is 0 Å². The molecular formula is C16H25NO. The third-order valence-corrected chi connectivity index (χ3v) is 4.07. The van der Waals surface area contributed by atoms with Crippen LogP contribution >= 0.6 is 0 Å². The van der Waals surface area contributed by atoms with Crippen LogP contribution in [0.4, 0.5) is 0 Å². The summed E-state index contributed by atoms with van der Waals surface area (Å²) in [5.74, 6) is 2.69. The molecule has 18 heavy (non-hydrogen) atoms. The Bertz CT molecular complexity index is 317. The maximum atomic E-state index is 5.72. The van der Waals surface area contributed by atoms with Gasteiger partial charge in [0.1, 0.15) is 5.75 Å². The SMILES string of the molecule is NCC1CCC(CCCOc2ccccc2)CC1. The highest BCUT2D eigenvalue weighted by Gasteiger charge is 2.19. The van der Waals surface area contributed by atoms with Crippen molar-refractivity contribution in [1.82, 2.24) is 0 Å². The molecule has 1 aromatic carbocycles. The average Bonchev–Trinajstić information content (AvgIpc) is 2.45. The smallest absolute Gasteiger partial charge is 0.119 e. The van der Waals surface area contributed by atoms with Crippen LogP contribution in [-0.4, -0.2) is 13.2 Å². The summed E-state index contributed by atoms with van der Waals surface area (Å²) in [7, 11) is 0. The van der Waals surface area contributed by atoms with Crippen molar-refractivity contribution in [3.05, 3.63) is 30.3 Å². The molecule has 2 heteroatoms. The summed E-state index contributed by atoms with van der Waals surface area (Å²) in [5.41, 5.74) is 5.71. The Morgan fingerprint density at radius 1 is 1.00 bits per heavy atom. The molecule has 0 spiro atoms. The molecule has 0 bridgehead atoms. The molecule has 2 N–H and O–H groups in total. The Balaban J connectivity index is 1.56. The fourth-order valence-corrected chi connectivity index (χ4v) is 2.83. The van der Waals surface area contributed by atoms with Crippen LogP contribution in [-0.2, 0) is 0 Å². The van der Waals surface area contributed by atoms with Gasteiger partial charge in [-0.25, -0.2) is 0 Å². The van der Waals surface area contributed by atoms with Gasteiger partial charge < -0.3 is 10.5 Å². The summed E-state index contributed by atoms with van der Waals surface area (Å²) in [6.45, 7) is 1.73. The lowest BCUT2D eigenvalue weighted by atomic mass is 9.80. The van der Waals surface area contributed by atoms with Crippen LogP contribution in [0.3, 0.4) is 0 Å². The van der Waals surface area contributed by atoms with Crippen molar-refractivity contribution >= 4 is 0 Å². The molecule has 1 aliphatic rings. The standard InChI is InChI=1S/C16H25NO/c17-13-15-10-8-14(9-11-15)5-4-12-18-16-6-2-1-3-7-16/h1-3,6-7,14-15H,4-5,8-13,17H2. The first kappa shape index (κ1) is 13.4. The molecule has 0 aromatic heterocycles. The maximum Gasteiger partial charge on any atom is 0.119 e. The number of rotatable bonds is 6. The Kier molecular flexibility index (Phi) is 5.53. The summed E-state index contributed by atoms with van der Waals surface area (Å²) >= 11 is 0. The van der Waals surface area contributed by atoms with Gasteiger partial charge in [-0.05, 0) is 56.2 Å². The quantitative estimate of drug-likeness (QED) is 0.779. The zero-order chi connectivity index (χ0) is 12.6. The van der Waals surface area contributed by atoms with E-state index in [1.807, 2.05) is 30.3 Å². The van der Waals surface area contributed by atoms with Crippen LogP contribution < -0.4 is 10.5 Å². The fourth-order valence-electron chi connectivity index (χ4n) is 2.83. The molecule has 0 atom stereocenters. The topological polar surface area (TPSA) is 35.2 Å². The van der Waals surface area contributed by atoms with Gasteiger partial charge in [0, 0.05) is 0 Å². The van der Waals surface area contributed by atoms with Crippen LogP contribution in [0.5, 0.6) is 5.75 Å². The van der Waals surface area contributed by atoms with Gasteiger partial charge in [0.15, 0.2) is 0 Å². The van der Waals surface area contributed by atoms with Crippen molar-refractivity contribution in [3.8, 4) is 5.75 Å². The second kappa shape index (κ2) is 7.42. The minimum absolute atomic E-state index is 0.793. The molecule has 1 aliphatic carbocycles. The lowest BCUT2D eigenvalue weighted by molar-refractivity contribution is 0.240. The van der Waals surface area contributed by atoms with Crippen LogP contribution in [0.2, 0.25) is 0 Å². The van der Waals surface area contributed by atoms with Gasteiger partial charge >= 0.3 is 0 Å². The van der Waals surface area contributed by atoms with Gasteiger partial charge in [-0.3, -0.25) is 0 Å². The van der Waals surface area contributed by atoms with E-state index in [1.165, 1.54) is 38.5 Å². The highest BCUT2D eigenvalue weighted by molar-refractivity contribution is 5.20. The van der Waals surface area contributed by atoms with E-state index in [2.05, 4.69) is 0 Å². The van der Waals surface area contributed by atoms with Crippen molar-refractivity contribution in [2.24, 2.45) is 17.6 Å². The Labute approximate surface area is 111 Å². The van der Waals surface area contributed by atoms with E-state index in [1.54, 1.807) is 0 Å². The highest BCUT2D eigenvalue weighted by Crippen LogP contribution is 2.30. The zero-order valence-electron chi connectivity index (χ0n) is 11.2. The van der Waals surface area contributed by atoms with Gasteiger partial charge in [-0.15, -0.1) is 0 Å². The number of hydrogen-bond donors (Lipinski definition) is 1. The molecule has 0 amide bonds. The van der Waals surface area contributed by atoms with E-state index < -0.39 is 0 Å². The van der Waals surface area contributed by atoms with Gasteiger partial charge in [0.2, 0.25) is 0 Å². The number of hydrogen-bond acceptors (Lipinski definition) is 2. The van der Waals surface area contributed by atoms with E-state index in [9.17, 15) is 0 Å². The van der Waals surface area contributed by atoms with Crippen LogP contribution in [0.15, 0.2) is 30.3 Å². The first-order valence-electron chi connectivity index (χ1n) is 7.26. The highest BCUT2D eigenvalue weighted by atomic mass is 16.5. The van der Waals surface area contributed by atoms with Crippen molar-refractivity contribution in [3.63, 3.8) is 0 Å². The molecule has 0 unspecified atom stereocenters. The molecule has 2 nitrogen and oxygen atoms in total.